The van der Waals surface area contributed by atoms with Gasteiger partial charge in [0.2, 0.25) is 0 Å². The lowest BCUT2D eigenvalue weighted by molar-refractivity contribution is -0.331. The van der Waals surface area contributed by atoms with Crippen LogP contribution in [-0.4, -0.2) is 4.98 Å². The van der Waals surface area contributed by atoms with Crippen LogP contribution in [0.4, 0.5) is 5.95 Å². The van der Waals surface area contributed by atoms with Crippen molar-refractivity contribution in [2.45, 2.75) is 19.8 Å². The summed E-state index contributed by atoms with van der Waals surface area (Å²) >= 11 is 1.59. The zero-order valence-corrected chi connectivity index (χ0v) is 8.87. The molecule has 2 heterocycles. The van der Waals surface area contributed by atoms with Crippen LogP contribution in [-0.2, 0) is 0 Å². The highest BCUT2D eigenvalue weighted by Gasteiger charge is 2.14. The topological polar surface area (TPSA) is 73.0 Å². The zero-order chi connectivity index (χ0) is 10.3. The number of hydrogen-bond acceptors (Lipinski definition) is 3. The van der Waals surface area contributed by atoms with E-state index >= 15 is 0 Å². The fourth-order valence-electron chi connectivity index (χ4n) is 1.45. The number of aromatic nitrogens is 2. The van der Waals surface area contributed by atoms with Gasteiger partial charge in [0.15, 0.2) is 0 Å². The number of thiophene rings is 1. The van der Waals surface area contributed by atoms with Gasteiger partial charge in [-0.15, -0.1) is 11.3 Å². The van der Waals surface area contributed by atoms with Gasteiger partial charge >= 0.3 is 11.5 Å². The first-order valence-corrected chi connectivity index (χ1v) is 5.29. The highest BCUT2D eigenvalue weighted by atomic mass is 32.1. The second-order valence-electron chi connectivity index (χ2n) is 3.54. The molecule has 0 radical (unpaired) electrons. The van der Waals surface area contributed by atoms with Crippen LogP contribution in [0.1, 0.15) is 24.6 Å². The summed E-state index contributed by atoms with van der Waals surface area (Å²) in [6.45, 7) is 4.19. The average molecular weight is 210 g/mol. The quantitative estimate of drug-likeness (QED) is 0.740. The lowest BCUT2D eigenvalue weighted by atomic mass is 10.1. The molecule has 2 rings (SSSR count). The highest BCUT2D eigenvalue weighted by Crippen LogP contribution is 2.26. The lowest BCUT2D eigenvalue weighted by Gasteiger charge is -1.99. The minimum atomic E-state index is -0.126. The van der Waals surface area contributed by atoms with Crippen LogP contribution in [0.2, 0.25) is 0 Å². The van der Waals surface area contributed by atoms with Gasteiger partial charge in [-0.3, -0.25) is 10.5 Å². The summed E-state index contributed by atoms with van der Waals surface area (Å²) in [4.78, 5) is 18.2. The van der Waals surface area contributed by atoms with Crippen LogP contribution in [0.15, 0.2) is 10.2 Å². The van der Waals surface area contributed by atoms with Gasteiger partial charge in [0.05, 0.1) is 0 Å². The van der Waals surface area contributed by atoms with E-state index in [2.05, 4.69) is 23.8 Å². The summed E-state index contributed by atoms with van der Waals surface area (Å²) < 4.78 is 0. The van der Waals surface area contributed by atoms with Gasteiger partial charge in [0.1, 0.15) is 10.9 Å². The summed E-state index contributed by atoms with van der Waals surface area (Å²) in [5.74, 6) is 0.706. The Morgan fingerprint density at radius 1 is 1.57 bits per heavy atom. The fourth-order valence-corrected chi connectivity index (χ4v) is 2.47. The molecule has 0 aliphatic heterocycles. The number of hydrogen-bond donors (Lipinski definition) is 2. The van der Waals surface area contributed by atoms with Crippen molar-refractivity contribution in [2.24, 2.45) is 0 Å². The molecule has 74 valence electrons. The van der Waals surface area contributed by atoms with Gasteiger partial charge in [-0.25, -0.2) is 9.97 Å². The Morgan fingerprint density at radius 3 is 2.93 bits per heavy atom. The molecule has 0 aliphatic carbocycles. The molecule has 2 aromatic rings. The molecule has 4 N–H and O–H groups in total. The van der Waals surface area contributed by atoms with Crippen LogP contribution in [0.25, 0.3) is 10.9 Å². The third-order valence-electron chi connectivity index (χ3n) is 2.10. The van der Waals surface area contributed by atoms with Crippen molar-refractivity contribution in [3.63, 3.8) is 0 Å². The number of nitrogens with two attached hydrogens (primary N) is 1. The minimum absolute atomic E-state index is 0.126. The molecule has 14 heavy (non-hydrogen) atoms. The monoisotopic (exact) mass is 210 g/mol. The lowest BCUT2D eigenvalue weighted by Crippen LogP contribution is -2.21. The Labute approximate surface area is 84.8 Å². The second-order valence-corrected chi connectivity index (χ2v) is 4.45. The van der Waals surface area contributed by atoms with Crippen LogP contribution in [0.3, 0.4) is 0 Å². The van der Waals surface area contributed by atoms with E-state index in [-0.39, 0.29) is 5.56 Å². The summed E-state index contributed by atoms with van der Waals surface area (Å²) in [7, 11) is 0. The zero-order valence-electron chi connectivity index (χ0n) is 8.05. The SMILES string of the molecule is CC(C)c1scc2c(=O)[nH]c(N)[nH+]c12. The van der Waals surface area contributed by atoms with E-state index in [0.29, 0.717) is 17.3 Å². The maximum atomic E-state index is 11.5. The standard InChI is InChI=1S/C9H11N3OS/c1-4(2)7-6-5(3-14-7)8(13)12-9(10)11-6/h3-4H,1-2H3,(H3,10,11,12,13)/p+1. The summed E-state index contributed by atoms with van der Waals surface area (Å²) in [5.41, 5.74) is 6.29. The van der Waals surface area contributed by atoms with E-state index in [9.17, 15) is 4.79 Å². The molecule has 0 amide bonds. The van der Waals surface area contributed by atoms with E-state index in [1.807, 2.05) is 5.38 Å². The molecular formula is C9H12N3OS+. The summed E-state index contributed by atoms with van der Waals surface area (Å²) in [6.07, 6.45) is 0. The number of aromatic amines is 2. The van der Waals surface area contributed by atoms with E-state index in [4.69, 9.17) is 5.73 Å². The van der Waals surface area contributed by atoms with Gasteiger partial charge in [0, 0.05) is 10.3 Å². The Hall–Kier alpha value is -1.36. The van der Waals surface area contributed by atoms with E-state index < -0.39 is 0 Å². The predicted octanol–water partition coefficient (Wildman–Crippen LogP) is 1.11. The molecule has 2 aromatic heterocycles. The smallest absolute Gasteiger partial charge is 0.290 e. The van der Waals surface area contributed by atoms with Crippen LogP contribution >= 0.6 is 11.3 Å². The van der Waals surface area contributed by atoms with Crippen molar-refractivity contribution in [2.75, 3.05) is 5.73 Å². The number of anilines is 1. The van der Waals surface area contributed by atoms with Gasteiger partial charge in [-0.05, 0) is 5.92 Å². The fraction of sp³-hybridized carbons (Fsp3) is 0.333. The molecule has 0 aromatic carbocycles. The number of nitrogen functional groups attached to an aromatic ring is 1. The Morgan fingerprint density at radius 2 is 2.29 bits per heavy atom. The average Bonchev–Trinajstić information content (AvgIpc) is 2.47. The van der Waals surface area contributed by atoms with Gasteiger partial charge in [-0.1, -0.05) is 13.8 Å². The predicted molar refractivity (Wildman–Crippen MR) is 57.5 cm³/mol. The summed E-state index contributed by atoms with van der Waals surface area (Å²) in [6, 6.07) is 0. The van der Waals surface area contributed by atoms with Crippen molar-refractivity contribution in [1.29, 1.82) is 0 Å². The molecular weight excluding hydrogens is 198 g/mol. The van der Waals surface area contributed by atoms with Crippen molar-refractivity contribution in [3.8, 4) is 0 Å². The van der Waals surface area contributed by atoms with Crippen LogP contribution in [0.5, 0.6) is 0 Å². The molecule has 4 nitrogen and oxygen atoms in total. The molecule has 0 spiro atoms. The molecule has 0 atom stereocenters. The molecule has 0 fully saturated rings. The molecule has 0 saturated carbocycles. The Kier molecular flexibility index (Phi) is 2.03. The highest BCUT2D eigenvalue weighted by molar-refractivity contribution is 7.11. The Balaban J connectivity index is 2.85. The number of fused-ring (bicyclic) bond motifs is 1. The first-order valence-electron chi connectivity index (χ1n) is 4.41. The van der Waals surface area contributed by atoms with E-state index in [1.54, 1.807) is 11.3 Å². The van der Waals surface area contributed by atoms with Crippen LogP contribution < -0.4 is 16.3 Å². The first kappa shape index (κ1) is 9.21. The molecule has 0 saturated heterocycles. The van der Waals surface area contributed by atoms with Crippen molar-refractivity contribution in [3.05, 3.63) is 20.6 Å². The second kappa shape index (κ2) is 3.09. The number of rotatable bonds is 1. The Bertz CT molecular complexity index is 526. The minimum Gasteiger partial charge on any atom is -0.290 e. The van der Waals surface area contributed by atoms with Gasteiger partial charge in [0.25, 0.3) is 0 Å². The first-order chi connectivity index (χ1) is 6.59. The molecule has 0 aliphatic rings. The summed E-state index contributed by atoms with van der Waals surface area (Å²) in [5, 5.41) is 2.55. The van der Waals surface area contributed by atoms with Gasteiger partial charge < -0.3 is 0 Å². The maximum Gasteiger partial charge on any atom is 0.353 e. The number of nitrogens with one attached hydrogen (secondary N) is 2. The number of H-pyrrole nitrogens is 2. The maximum absolute atomic E-state index is 11.5. The largest absolute Gasteiger partial charge is 0.353 e. The van der Waals surface area contributed by atoms with Crippen molar-refractivity contribution < 1.29 is 4.98 Å². The van der Waals surface area contributed by atoms with Crippen molar-refractivity contribution >= 4 is 28.2 Å². The molecule has 5 heteroatoms. The molecule has 0 unspecified atom stereocenters. The van der Waals surface area contributed by atoms with E-state index in [0.717, 1.165) is 10.4 Å². The van der Waals surface area contributed by atoms with Gasteiger partial charge in [-0.2, -0.15) is 0 Å². The third kappa shape index (κ3) is 1.29. The van der Waals surface area contributed by atoms with Crippen LogP contribution in [0, 0.1) is 0 Å². The third-order valence-corrected chi connectivity index (χ3v) is 3.38. The molecule has 0 bridgehead atoms. The normalized spacial score (nSPS) is 11.4. The van der Waals surface area contributed by atoms with Crippen molar-refractivity contribution in [1.82, 2.24) is 4.98 Å². The van der Waals surface area contributed by atoms with E-state index in [1.165, 1.54) is 0 Å².